The molecule has 9 heteroatoms. The van der Waals surface area contributed by atoms with E-state index < -0.39 is 33.8 Å². The normalized spacial score (nSPS) is 12.5. The summed E-state index contributed by atoms with van der Waals surface area (Å²) in [6.07, 6.45) is -0.621. The molecule has 0 saturated carbocycles. The summed E-state index contributed by atoms with van der Waals surface area (Å²) in [5.74, 6) is -0.509. The van der Waals surface area contributed by atoms with Crippen LogP contribution >= 0.6 is 0 Å². The average molecular weight is 435 g/mol. The molecule has 2 rings (SSSR count). The minimum atomic E-state index is -3.95. The van der Waals surface area contributed by atoms with Crippen molar-refractivity contribution >= 4 is 22.2 Å². The molecule has 0 heterocycles. The third-order valence-electron chi connectivity index (χ3n) is 3.78. The maximum atomic E-state index is 12.3. The Morgan fingerprint density at radius 1 is 1.00 bits per heavy atom. The first kappa shape index (κ1) is 23.2. The number of rotatable bonds is 7. The van der Waals surface area contributed by atoms with E-state index in [1.54, 1.807) is 51.1 Å². The lowest BCUT2D eigenvalue weighted by atomic mass is 10.1. The molecule has 1 atom stereocenters. The van der Waals surface area contributed by atoms with Gasteiger partial charge in [-0.25, -0.2) is 9.59 Å². The number of alkyl carbamates (subject to hydrolysis) is 1. The molecule has 162 valence electrons. The Bertz CT molecular complexity index is 965. The Labute approximate surface area is 176 Å². The van der Waals surface area contributed by atoms with Crippen LogP contribution in [0.1, 0.15) is 26.3 Å². The van der Waals surface area contributed by atoms with Gasteiger partial charge >= 0.3 is 22.2 Å². The van der Waals surface area contributed by atoms with Gasteiger partial charge in [-0.05, 0) is 50.6 Å². The van der Waals surface area contributed by atoms with Gasteiger partial charge in [0.05, 0.1) is 7.11 Å². The zero-order chi connectivity index (χ0) is 22.4. The molecule has 1 N–H and O–H groups in total. The molecule has 0 radical (unpaired) electrons. The molecule has 30 heavy (non-hydrogen) atoms. The van der Waals surface area contributed by atoms with Crippen molar-refractivity contribution in [2.45, 2.75) is 43.7 Å². The molecule has 2 aromatic rings. The average Bonchev–Trinajstić information content (AvgIpc) is 2.67. The van der Waals surface area contributed by atoms with Crippen LogP contribution in [0.5, 0.6) is 5.75 Å². The zero-order valence-corrected chi connectivity index (χ0v) is 18.1. The summed E-state index contributed by atoms with van der Waals surface area (Å²) in [7, 11) is -2.73. The number of carbonyl (C=O) groups is 2. The fourth-order valence-corrected chi connectivity index (χ4v) is 3.42. The predicted octanol–water partition coefficient (Wildman–Crippen LogP) is 3.06. The van der Waals surface area contributed by atoms with Crippen molar-refractivity contribution in [3.05, 3.63) is 60.2 Å². The molecular formula is C21H25NO7S. The lowest BCUT2D eigenvalue weighted by Crippen LogP contribution is -2.45. The van der Waals surface area contributed by atoms with E-state index in [1.165, 1.54) is 31.4 Å². The SMILES string of the molecule is COC(=O)[C@H](Cc1ccc(OS(=O)(=O)c2ccccc2)cc1)NC(=O)OC(C)(C)C. The number of methoxy groups -OCH3 is 1. The molecule has 2 aromatic carbocycles. The largest absolute Gasteiger partial charge is 0.467 e. The van der Waals surface area contributed by atoms with Crippen LogP contribution in [0.25, 0.3) is 0 Å². The van der Waals surface area contributed by atoms with Crippen molar-refractivity contribution in [2.75, 3.05) is 7.11 Å². The quantitative estimate of drug-likeness (QED) is 0.526. The van der Waals surface area contributed by atoms with Crippen molar-refractivity contribution in [1.29, 1.82) is 0 Å². The van der Waals surface area contributed by atoms with E-state index in [0.717, 1.165) is 0 Å². The zero-order valence-electron chi connectivity index (χ0n) is 17.2. The van der Waals surface area contributed by atoms with Crippen molar-refractivity contribution < 1.29 is 31.7 Å². The van der Waals surface area contributed by atoms with E-state index in [-0.39, 0.29) is 17.1 Å². The molecule has 1 amide bonds. The summed E-state index contributed by atoms with van der Waals surface area (Å²) in [5, 5.41) is 2.48. The Kier molecular flexibility index (Phi) is 7.44. The molecule has 0 saturated heterocycles. The molecule has 0 unspecified atom stereocenters. The minimum absolute atomic E-state index is 0.0430. The third kappa shape index (κ3) is 7.07. The Hall–Kier alpha value is -3.07. The highest BCUT2D eigenvalue weighted by Gasteiger charge is 2.25. The Morgan fingerprint density at radius 2 is 1.60 bits per heavy atom. The van der Waals surface area contributed by atoms with Gasteiger partial charge < -0.3 is 19.0 Å². The molecule has 0 spiro atoms. The highest BCUT2D eigenvalue weighted by molar-refractivity contribution is 7.87. The first-order chi connectivity index (χ1) is 14.0. The molecule has 0 aromatic heterocycles. The summed E-state index contributed by atoms with van der Waals surface area (Å²) < 4.78 is 39.6. The van der Waals surface area contributed by atoms with Gasteiger partial charge in [0.2, 0.25) is 0 Å². The lowest BCUT2D eigenvalue weighted by Gasteiger charge is -2.22. The van der Waals surface area contributed by atoms with Crippen molar-refractivity contribution in [2.24, 2.45) is 0 Å². The van der Waals surface area contributed by atoms with Crippen LogP contribution in [0, 0.1) is 0 Å². The van der Waals surface area contributed by atoms with Gasteiger partial charge in [0.1, 0.15) is 22.3 Å². The number of carbonyl (C=O) groups excluding carboxylic acids is 2. The molecule has 0 aliphatic carbocycles. The van der Waals surface area contributed by atoms with Gasteiger partial charge in [0.15, 0.2) is 0 Å². The van der Waals surface area contributed by atoms with E-state index in [9.17, 15) is 18.0 Å². The maximum Gasteiger partial charge on any atom is 0.408 e. The van der Waals surface area contributed by atoms with Gasteiger partial charge in [-0.2, -0.15) is 8.42 Å². The van der Waals surface area contributed by atoms with E-state index in [2.05, 4.69) is 5.32 Å². The summed E-state index contributed by atoms with van der Waals surface area (Å²) in [5.41, 5.74) is -0.0560. The molecular weight excluding hydrogens is 410 g/mol. The van der Waals surface area contributed by atoms with Crippen LogP contribution in [0.3, 0.4) is 0 Å². The van der Waals surface area contributed by atoms with Crippen LogP contribution in [0.2, 0.25) is 0 Å². The van der Waals surface area contributed by atoms with Gasteiger partial charge in [-0.3, -0.25) is 0 Å². The van der Waals surface area contributed by atoms with Crippen LogP contribution in [0.15, 0.2) is 59.5 Å². The number of ether oxygens (including phenoxy) is 2. The molecule has 0 bridgehead atoms. The van der Waals surface area contributed by atoms with Gasteiger partial charge in [0.25, 0.3) is 0 Å². The third-order valence-corrected chi connectivity index (χ3v) is 5.04. The Balaban J connectivity index is 2.08. The second-order valence-corrected chi connectivity index (χ2v) is 8.97. The van der Waals surface area contributed by atoms with Gasteiger partial charge in [0, 0.05) is 6.42 Å². The van der Waals surface area contributed by atoms with Crippen molar-refractivity contribution in [1.82, 2.24) is 5.32 Å². The number of benzene rings is 2. The lowest BCUT2D eigenvalue weighted by molar-refractivity contribution is -0.143. The predicted molar refractivity (Wildman–Crippen MR) is 110 cm³/mol. The minimum Gasteiger partial charge on any atom is -0.467 e. The summed E-state index contributed by atoms with van der Waals surface area (Å²) in [4.78, 5) is 24.1. The van der Waals surface area contributed by atoms with E-state index in [0.29, 0.717) is 5.56 Å². The van der Waals surface area contributed by atoms with Crippen LogP contribution in [-0.4, -0.2) is 39.2 Å². The summed E-state index contributed by atoms with van der Waals surface area (Å²) >= 11 is 0. The van der Waals surface area contributed by atoms with Gasteiger partial charge in [-0.15, -0.1) is 0 Å². The number of hydrogen-bond acceptors (Lipinski definition) is 7. The maximum absolute atomic E-state index is 12.3. The topological polar surface area (TPSA) is 108 Å². The number of amides is 1. The molecule has 0 fully saturated rings. The van der Waals surface area contributed by atoms with E-state index in [4.69, 9.17) is 13.7 Å². The standard InChI is InChI=1S/C21H25NO7S/c1-21(2,3)28-20(24)22-18(19(23)27-4)14-15-10-12-16(13-11-15)29-30(25,26)17-8-6-5-7-9-17/h5-13,18H,14H2,1-4H3,(H,22,24)/t18-/m0/s1. The summed E-state index contributed by atoms with van der Waals surface area (Å²) in [6.45, 7) is 5.13. The highest BCUT2D eigenvalue weighted by Crippen LogP contribution is 2.20. The van der Waals surface area contributed by atoms with E-state index in [1.807, 2.05) is 0 Å². The number of esters is 1. The van der Waals surface area contributed by atoms with Crippen LogP contribution < -0.4 is 9.50 Å². The molecule has 0 aliphatic rings. The highest BCUT2D eigenvalue weighted by atomic mass is 32.2. The van der Waals surface area contributed by atoms with Gasteiger partial charge in [-0.1, -0.05) is 30.3 Å². The first-order valence-electron chi connectivity index (χ1n) is 9.16. The smallest absolute Gasteiger partial charge is 0.408 e. The Morgan fingerprint density at radius 3 is 2.13 bits per heavy atom. The van der Waals surface area contributed by atoms with Crippen molar-refractivity contribution in [3.8, 4) is 5.75 Å². The monoisotopic (exact) mass is 435 g/mol. The van der Waals surface area contributed by atoms with Crippen molar-refractivity contribution in [3.63, 3.8) is 0 Å². The second-order valence-electron chi connectivity index (χ2n) is 7.42. The molecule has 8 nitrogen and oxygen atoms in total. The van der Waals surface area contributed by atoms with Crippen LogP contribution in [-0.2, 0) is 30.8 Å². The molecule has 0 aliphatic heterocycles. The second kappa shape index (κ2) is 9.62. The fraction of sp³-hybridized carbons (Fsp3) is 0.333. The van der Waals surface area contributed by atoms with E-state index >= 15 is 0 Å². The summed E-state index contributed by atoms with van der Waals surface area (Å²) in [6, 6.07) is 13.0. The number of nitrogens with one attached hydrogen (secondary N) is 1. The fourth-order valence-electron chi connectivity index (χ4n) is 2.46. The number of hydrogen-bond donors (Lipinski definition) is 1. The first-order valence-corrected chi connectivity index (χ1v) is 10.6. The van der Waals surface area contributed by atoms with Crippen LogP contribution in [0.4, 0.5) is 4.79 Å².